The van der Waals surface area contributed by atoms with Gasteiger partial charge in [0.15, 0.2) is 0 Å². The van der Waals surface area contributed by atoms with Gasteiger partial charge in [-0.05, 0) is 23.3 Å². The third-order valence-corrected chi connectivity index (χ3v) is 2.80. The van der Waals surface area contributed by atoms with Gasteiger partial charge in [-0.25, -0.2) is 0 Å². The van der Waals surface area contributed by atoms with Crippen LogP contribution in [-0.4, -0.2) is 10.2 Å². The Morgan fingerprint density at radius 2 is 1.44 bits per heavy atom. The van der Waals surface area contributed by atoms with Crippen molar-refractivity contribution < 1.29 is 10.2 Å². The minimum Gasteiger partial charge on any atom is -0.385 e. The Morgan fingerprint density at radius 3 is 2.11 bits per heavy atom. The first-order valence-electron chi connectivity index (χ1n) is 5.63. The highest BCUT2D eigenvalue weighted by molar-refractivity contribution is 5.35. The third-order valence-electron chi connectivity index (χ3n) is 2.80. The number of aliphatic hydroxyl groups is 2. The first-order valence-corrected chi connectivity index (χ1v) is 5.63. The van der Waals surface area contributed by atoms with Crippen molar-refractivity contribution in [1.29, 1.82) is 5.26 Å². The number of benzene rings is 2. The van der Waals surface area contributed by atoms with E-state index in [1.54, 1.807) is 48.5 Å². The Kier molecular flexibility index (Phi) is 3.73. The summed E-state index contributed by atoms with van der Waals surface area (Å²) in [5, 5.41) is 29.0. The van der Waals surface area contributed by atoms with Gasteiger partial charge in [-0.15, -0.1) is 0 Å². The summed E-state index contributed by atoms with van der Waals surface area (Å²) in [4.78, 5) is 0. The molecule has 0 aliphatic rings. The fourth-order valence-electron chi connectivity index (χ4n) is 1.81. The van der Waals surface area contributed by atoms with Gasteiger partial charge in [0.25, 0.3) is 0 Å². The lowest BCUT2D eigenvalue weighted by atomic mass is 9.97. The molecule has 0 radical (unpaired) electrons. The van der Waals surface area contributed by atoms with E-state index in [0.717, 1.165) is 0 Å². The molecule has 2 aromatic rings. The largest absolute Gasteiger partial charge is 0.385 e. The van der Waals surface area contributed by atoms with Crippen LogP contribution in [0.4, 0.5) is 0 Å². The van der Waals surface area contributed by atoms with Gasteiger partial charge in [-0.2, -0.15) is 5.26 Å². The molecule has 0 aromatic heterocycles. The predicted molar refractivity (Wildman–Crippen MR) is 67.5 cm³/mol. The summed E-state index contributed by atoms with van der Waals surface area (Å²) in [5.41, 5.74) is 1.64. The molecule has 0 fully saturated rings. The van der Waals surface area contributed by atoms with Crippen LogP contribution in [0.1, 0.15) is 28.9 Å². The number of hydrogen-bond acceptors (Lipinski definition) is 3. The van der Waals surface area contributed by atoms with Crippen LogP contribution in [0.2, 0.25) is 0 Å². The molecule has 0 bridgehead atoms. The summed E-state index contributed by atoms with van der Waals surface area (Å²) in [6.45, 7) is 0. The molecule has 3 nitrogen and oxygen atoms in total. The lowest BCUT2D eigenvalue weighted by molar-refractivity contribution is 0.0172. The molecule has 18 heavy (non-hydrogen) atoms. The summed E-state index contributed by atoms with van der Waals surface area (Å²) in [7, 11) is 0. The van der Waals surface area contributed by atoms with Gasteiger partial charge in [0, 0.05) is 0 Å². The van der Waals surface area contributed by atoms with Gasteiger partial charge >= 0.3 is 0 Å². The second kappa shape index (κ2) is 5.46. The van der Waals surface area contributed by atoms with Crippen molar-refractivity contribution in [3.05, 3.63) is 71.3 Å². The van der Waals surface area contributed by atoms with E-state index in [0.29, 0.717) is 16.7 Å². The molecule has 0 saturated carbocycles. The van der Waals surface area contributed by atoms with Crippen LogP contribution in [0.25, 0.3) is 0 Å². The highest BCUT2D eigenvalue weighted by Gasteiger charge is 2.20. The molecule has 2 unspecified atom stereocenters. The molecule has 0 amide bonds. The zero-order valence-electron chi connectivity index (χ0n) is 9.69. The maximum atomic E-state index is 10.1. The normalized spacial score (nSPS) is 13.6. The van der Waals surface area contributed by atoms with Crippen LogP contribution in [0.5, 0.6) is 0 Å². The molecular formula is C15H13NO2. The summed E-state index contributed by atoms with van der Waals surface area (Å²) < 4.78 is 0. The minimum absolute atomic E-state index is 0.465. The Labute approximate surface area is 106 Å². The SMILES string of the molecule is N#Cc1cccc(C(O)C(O)c2ccccc2)c1. The average molecular weight is 239 g/mol. The van der Waals surface area contributed by atoms with Gasteiger partial charge in [0.1, 0.15) is 12.2 Å². The summed E-state index contributed by atoms with van der Waals surface area (Å²) in [6, 6.07) is 17.6. The number of hydrogen-bond donors (Lipinski definition) is 2. The van der Waals surface area contributed by atoms with Crippen molar-refractivity contribution >= 4 is 0 Å². The van der Waals surface area contributed by atoms with E-state index in [4.69, 9.17) is 5.26 Å². The molecule has 2 N–H and O–H groups in total. The second-order valence-corrected chi connectivity index (χ2v) is 4.04. The average Bonchev–Trinajstić information content (AvgIpc) is 2.46. The zero-order chi connectivity index (χ0) is 13.0. The van der Waals surface area contributed by atoms with Crippen LogP contribution in [-0.2, 0) is 0 Å². The maximum Gasteiger partial charge on any atom is 0.109 e. The fourth-order valence-corrected chi connectivity index (χ4v) is 1.81. The Balaban J connectivity index is 2.26. The molecular weight excluding hydrogens is 226 g/mol. The van der Waals surface area contributed by atoms with Crippen molar-refractivity contribution in [2.45, 2.75) is 12.2 Å². The molecule has 2 rings (SSSR count). The van der Waals surface area contributed by atoms with Gasteiger partial charge in [-0.1, -0.05) is 42.5 Å². The first-order chi connectivity index (χ1) is 8.72. The molecule has 0 spiro atoms. The van der Waals surface area contributed by atoms with Gasteiger partial charge in [0.05, 0.1) is 11.6 Å². The molecule has 0 aliphatic heterocycles. The summed E-state index contributed by atoms with van der Waals surface area (Å²) >= 11 is 0. The van der Waals surface area contributed by atoms with Crippen molar-refractivity contribution in [1.82, 2.24) is 0 Å². The Bertz CT molecular complexity index is 560. The Hall–Kier alpha value is -2.15. The molecule has 0 aliphatic carbocycles. The van der Waals surface area contributed by atoms with Crippen molar-refractivity contribution in [2.75, 3.05) is 0 Å². The Morgan fingerprint density at radius 1 is 0.833 bits per heavy atom. The standard InChI is InChI=1S/C15H13NO2/c16-10-11-5-4-8-13(9-11)15(18)14(17)12-6-2-1-3-7-12/h1-9,14-15,17-18H. The van der Waals surface area contributed by atoms with Crippen LogP contribution >= 0.6 is 0 Å². The maximum absolute atomic E-state index is 10.1. The van der Waals surface area contributed by atoms with Crippen LogP contribution < -0.4 is 0 Å². The number of nitriles is 1. The van der Waals surface area contributed by atoms with E-state index in [1.165, 1.54) is 0 Å². The van der Waals surface area contributed by atoms with Crippen molar-refractivity contribution in [2.24, 2.45) is 0 Å². The topological polar surface area (TPSA) is 64.2 Å². The smallest absolute Gasteiger partial charge is 0.109 e. The quantitative estimate of drug-likeness (QED) is 0.864. The van der Waals surface area contributed by atoms with Crippen LogP contribution in [0.3, 0.4) is 0 Å². The number of nitrogens with zero attached hydrogens (tertiary/aromatic N) is 1. The molecule has 2 aromatic carbocycles. The summed E-state index contributed by atoms with van der Waals surface area (Å²) in [6.07, 6.45) is -2.04. The van der Waals surface area contributed by atoms with Crippen LogP contribution in [0.15, 0.2) is 54.6 Å². The van der Waals surface area contributed by atoms with Crippen LogP contribution in [0, 0.1) is 11.3 Å². The van der Waals surface area contributed by atoms with Gasteiger partial charge in [0.2, 0.25) is 0 Å². The lowest BCUT2D eigenvalue weighted by Crippen LogP contribution is -2.10. The van der Waals surface area contributed by atoms with E-state index in [2.05, 4.69) is 0 Å². The van der Waals surface area contributed by atoms with E-state index >= 15 is 0 Å². The lowest BCUT2D eigenvalue weighted by Gasteiger charge is -2.18. The number of aliphatic hydroxyl groups excluding tert-OH is 2. The second-order valence-electron chi connectivity index (χ2n) is 4.04. The zero-order valence-corrected chi connectivity index (χ0v) is 9.69. The van der Waals surface area contributed by atoms with Gasteiger partial charge < -0.3 is 10.2 Å². The van der Waals surface area contributed by atoms with E-state index in [1.807, 2.05) is 12.1 Å². The molecule has 0 heterocycles. The van der Waals surface area contributed by atoms with E-state index in [9.17, 15) is 10.2 Å². The predicted octanol–water partition coefficient (Wildman–Crippen LogP) is 2.33. The first kappa shape index (κ1) is 12.3. The molecule has 3 heteroatoms. The third kappa shape index (κ3) is 2.57. The molecule has 0 saturated heterocycles. The number of rotatable bonds is 3. The monoisotopic (exact) mass is 239 g/mol. The van der Waals surface area contributed by atoms with E-state index < -0.39 is 12.2 Å². The highest BCUT2D eigenvalue weighted by atomic mass is 16.3. The highest BCUT2D eigenvalue weighted by Crippen LogP contribution is 2.28. The fraction of sp³-hybridized carbons (Fsp3) is 0.133. The minimum atomic E-state index is -1.04. The molecule has 90 valence electrons. The van der Waals surface area contributed by atoms with Gasteiger partial charge in [-0.3, -0.25) is 0 Å². The van der Waals surface area contributed by atoms with Crippen molar-refractivity contribution in [3.63, 3.8) is 0 Å². The van der Waals surface area contributed by atoms with Crippen molar-refractivity contribution in [3.8, 4) is 6.07 Å². The van der Waals surface area contributed by atoms with E-state index in [-0.39, 0.29) is 0 Å². The molecule has 2 atom stereocenters. The summed E-state index contributed by atoms with van der Waals surface area (Å²) in [5.74, 6) is 0.